The zero-order valence-corrected chi connectivity index (χ0v) is 13.1. The number of unbranched alkanes of at least 4 members (excludes halogenated alkanes) is 1. The molecule has 2 nitrogen and oxygen atoms in total. The predicted octanol–water partition coefficient (Wildman–Crippen LogP) is 5.25. The van der Waals surface area contributed by atoms with Crippen LogP contribution in [0.4, 0.5) is 5.69 Å². The van der Waals surface area contributed by atoms with Crippen LogP contribution in [-0.2, 0) is 6.42 Å². The molecule has 104 valence electrons. The molecular weight excluding hydrogens is 314 g/mol. The van der Waals surface area contributed by atoms with Gasteiger partial charge in [0.05, 0.1) is 0 Å². The average Bonchev–Trinajstić information content (AvgIpc) is 2.46. The molecule has 1 N–H and O–H groups in total. The Morgan fingerprint density at radius 2 is 1.90 bits per heavy atom. The van der Waals surface area contributed by atoms with Gasteiger partial charge in [-0.25, -0.2) is 0 Å². The molecule has 0 aromatic heterocycles. The van der Waals surface area contributed by atoms with Crippen LogP contribution in [0.2, 0.25) is 0 Å². The lowest BCUT2D eigenvalue weighted by Crippen LogP contribution is -1.85. The third-order valence-corrected chi connectivity index (χ3v) is 3.61. The Labute approximate surface area is 128 Å². The molecule has 0 aliphatic carbocycles. The van der Waals surface area contributed by atoms with Crippen molar-refractivity contribution in [2.24, 2.45) is 4.99 Å². The van der Waals surface area contributed by atoms with Crippen LogP contribution >= 0.6 is 15.9 Å². The predicted molar refractivity (Wildman–Crippen MR) is 88.1 cm³/mol. The summed E-state index contributed by atoms with van der Waals surface area (Å²) in [6, 6.07) is 13.5. The normalized spacial score (nSPS) is 11.1. The van der Waals surface area contributed by atoms with E-state index in [1.165, 1.54) is 12.0 Å². The third-order valence-electron chi connectivity index (χ3n) is 3.08. The topological polar surface area (TPSA) is 32.6 Å². The molecule has 0 unspecified atom stereocenters. The lowest BCUT2D eigenvalue weighted by molar-refractivity contribution is 0.476. The number of aliphatic imine (C=N–C) groups is 1. The zero-order chi connectivity index (χ0) is 14.4. The van der Waals surface area contributed by atoms with Gasteiger partial charge in [0.1, 0.15) is 11.4 Å². The van der Waals surface area contributed by atoms with Crippen molar-refractivity contribution in [3.05, 3.63) is 58.1 Å². The van der Waals surface area contributed by atoms with E-state index < -0.39 is 0 Å². The molecule has 20 heavy (non-hydrogen) atoms. The first-order valence-electron chi connectivity index (χ1n) is 6.80. The van der Waals surface area contributed by atoms with Crippen molar-refractivity contribution < 1.29 is 5.11 Å². The minimum absolute atomic E-state index is 0.221. The summed E-state index contributed by atoms with van der Waals surface area (Å²) in [4.78, 5) is 4.38. The lowest BCUT2D eigenvalue weighted by atomic mass is 10.1. The van der Waals surface area contributed by atoms with E-state index in [9.17, 15) is 5.11 Å². The summed E-state index contributed by atoms with van der Waals surface area (Å²) >= 11 is 3.40. The molecule has 0 saturated carbocycles. The largest absolute Gasteiger partial charge is 0.506 e. The third kappa shape index (κ3) is 4.20. The first kappa shape index (κ1) is 14.8. The minimum atomic E-state index is 0.221. The Bertz CT molecular complexity index is 590. The van der Waals surface area contributed by atoms with E-state index in [1.54, 1.807) is 12.3 Å². The number of benzene rings is 2. The first-order chi connectivity index (χ1) is 9.69. The highest BCUT2D eigenvalue weighted by atomic mass is 79.9. The maximum atomic E-state index is 9.86. The molecule has 0 bridgehead atoms. The molecule has 0 saturated heterocycles. The Morgan fingerprint density at radius 1 is 1.15 bits per heavy atom. The van der Waals surface area contributed by atoms with Crippen LogP contribution in [0.1, 0.15) is 30.9 Å². The standard InChI is InChI=1S/C17H18BrNO/c1-2-3-4-13-7-10-17(20)16(11-13)19-12-14-5-8-15(18)9-6-14/h5-12,20H,2-4H2,1H3/b19-12+. The van der Waals surface area contributed by atoms with Crippen LogP contribution in [-0.4, -0.2) is 11.3 Å². The zero-order valence-electron chi connectivity index (χ0n) is 11.5. The van der Waals surface area contributed by atoms with Gasteiger partial charge in [-0.1, -0.05) is 47.5 Å². The van der Waals surface area contributed by atoms with Gasteiger partial charge in [0.15, 0.2) is 0 Å². The second-order valence-corrected chi connectivity index (χ2v) is 5.65. The van der Waals surface area contributed by atoms with E-state index in [4.69, 9.17) is 0 Å². The molecule has 0 heterocycles. The van der Waals surface area contributed by atoms with Crippen molar-refractivity contribution in [1.29, 1.82) is 0 Å². The minimum Gasteiger partial charge on any atom is -0.506 e. The maximum Gasteiger partial charge on any atom is 0.141 e. The number of hydrogen-bond acceptors (Lipinski definition) is 2. The van der Waals surface area contributed by atoms with Crippen molar-refractivity contribution in [2.45, 2.75) is 26.2 Å². The number of phenolic OH excluding ortho intramolecular Hbond substituents is 1. The highest BCUT2D eigenvalue weighted by molar-refractivity contribution is 9.10. The van der Waals surface area contributed by atoms with E-state index in [0.717, 1.165) is 22.9 Å². The van der Waals surface area contributed by atoms with E-state index >= 15 is 0 Å². The highest BCUT2D eigenvalue weighted by Crippen LogP contribution is 2.27. The molecule has 2 rings (SSSR count). The van der Waals surface area contributed by atoms with Crippen LogP contribution in [0.15, 0.2) is 51.9 Å². The number of aromatic hydroxyl groups is 1. The van der Waals surface area contributed by atoms with E-state index in [-0.39, 0.29) is 5.75 Å². The molecular formula is C17H18BrNO. The fraction of sp³-hybridized carbons (Fsp3) is 0.235. The smallest absolute Gasteiger partial charge is 0.141 e. The summed E-state index contributed by atoms with van der Waals surface area (Å²) in [7, 11) is 0. The molecule has 0 aliphatic rings. The summed E-state index contributed by atoms with van der Waals surface area (Å²) in [5.41, 5.74) is 2.85. The Hall–Kier alpha value is -1.61. The first-order valence-corrected chi connectivity index (χ1v) is 7.60. The van der Waals surface area contributed by atoms with Gasteiger partial charge in [-0.15, -0.1) is 0 Å². The van der Waals surface area contributed by atoms with Crippen molar-refractivity contribution in [3.8, 4) is 5.75 Å². The Kier molecular flexibility index (Phi) is 5.36. The van der Waals surface area contributed by atoms with Crippen LogP contribution in [0.25, 0.3) is 0 Å². The summed E-state index contributed by atoms with van der Waals surface area (Å²) in [6.07, 6.45) is 5.11. The average molecular weight is 332 g/mol. The summed E-state index contributed by atoms with van der Waals surface area (Å²) in [5, 5.41) is 9.86. The van der Waals surface area contributed by atoms with Gasteiger partial charge in [-0.3, -0.25) is 4.99 Å². The molecule has 0 aliphatic heterocycles. The van der Waals surface area contributed by atoms with Gasteiger partial charge in [0.2, 0.25) is 0 Å². The molecule has 0 fully saturated rings. The molecule has 0 spiro atoms. The van der Waals surface area contributed by atoms with Crippen LogP contribution < -0.4 is 0 Å². The van der Waals surface area contributed by atoms with Gasteiger partial charge < -0.3 is 5.11 Å². The van der Waals surface area contributed by atoms with Crippen LogP contribution in [0.5, 0.6) is 5.75 Å². The van der Waals surface area contributed by atoms with Gasteiger partial charge >= 0.3 is 0 Å². The summed E-state index contributed by atoms with van der Waals surface area (Å²) in [5.74, 6) is 0.221. The second-order valence-electron chi connectivity index (χ2n) is 4.74. The SMILES string of the molecule is CCCCc1ccc(O)c(/N=C/c2ccc(Br)cc2)c1. The lowest BCUT2D eigenvalue weighted by Gasteiger charge is -2.04. The van der Waals surface area contributed by atoms with Crippen LogP contribution in [0.3, 0.4) is 0 Å². The number of aryl methyl sites for hydroxylation is 1. The Balaban J connectivity index is 2.17. The molecule has 3 heteroatoms. The maximum absolute atomic E-state index is 9.86. The van der Waals surface area contributed by atoms with Gasteiger partial charge in [0.25, 0.3) is 0 Å². The van der Waals surface area contributed by atoms with Crippen molar-refractivity contribution in [1.82, 2.24) is 0 Å². The van der Waals surface area contributed by atoms with E-state index in [1.807, 2.05) is 36.4 Å². The second kappa shape index (κ2) is 7.25. The highest BCUT2D eigenvalue weighted by Gasteiger charge is 2.01. The molecule has 2 aromatic carbocycles. The monoisotopic (exact) mass is 331 g/mol. The Morgan fingerprint density at radius 3 is 2.60 bits per heavy atom. The van der Waals surface area contributed by atoms with E-state index in [0.29, 0.717) is 5.69 Å². The van der Waals surface area contributed by atoms with Gasteiger partial charge in [-0.05, 0) is 48.2 Å². The van der Waals surface area contributed by atoms with Crippen molar-refractivity contribution in [3.63, 3.8) is 0 Å². The summed E-state index contributed by atoms with van der Waals surface area (Å²) < 4.78 is 1.04. The number of rotatable bonds is 5. The number of phenols is 1. The van der Waals surface area contributed by atoms with Crippen LogP contribution in [0, 0.1) is 0 Å². The fourth-order valence-corrected chi connectivity index (χ4v) is 2.17. The van der Waals surface area contributed by atoms with Crippen molar-refractivity contribution in [2.75, 3.05) is 0 Å². The number of hydrogen-bond donors (Lipinski definition) is 1. The molecule has 0 atom stereocenters. The number of halogens is 1. The summed E-state index contributed by atoms with van der Waals surface area (Å²) in [6.45, 7) is 2.17. The molecule has 0 amide bonds. The van der Waals surface area contributed by atoms with Gasteiger partial charge in [-0.2, -0.15) is 0 Å². The van der Waals surface area contributed by atoms with Crippen molar-refractivity contribution >= 4 is 27.8 Å². The quantitative estimate of drug-likeness (QED) is 0.746. The molecule has 2 aromatic rings. The van der Waals surface area contributed by atoms with E-state index in [2.05, 4.69) is 27.8 Å². The molecule has 0 radical (unpaired) electrons. The number of nitrogens with zero attached hydrogens (tertiary/aromatic N) is 1. The van der Waals surface area contributed by atoms with Gasteiger partial charge in [0, 0.05) is 10.7 Å². The fourth-order valence-electron chi connectivity index (χ4n) is 1.90.